The van der Waals surface area contributed by atoms with Crippen molar-refractivity contribution in [3.8, 4) is 0 Å². The number of hydrogen-bond acceptors (Lipinski definition) is 3. The van der Waals surface area contributed by atoms with E-state index in [2.05, 4.69) is 0 Å². The second-order valence-electron chi connectivity index (χ2n) is 2.66. The highest BCUT2D eigenvalue weighted by atomic mass is 16.5. The van der Waals surface area contributed by atoms with Gasteiger partial charge in [0.1, 0.15) is 6.61 Å². The second kappa shape index (κ2) is 7.06. The van der Waals surface area contributed by atoms with Gasteiger partial charge in [-0.25, -0.2) is 0 Å². The van der Waals surface area contributed by atoms with Crippen molar-refractivity contribution in [3.05, 3.63) is 0 Å². The molecule has 0 unspecified atom stereocenters. The smallest absolute Gasteiger partial charge is 0.248 e. The van der Waals surface area contributed by atoms with E-state index in [0.717, 1.165) is 6.42 Å². The van der Waals surface area contributed by atoms with E-state index >= 15 is 0 Å². The third kappa shape index (κ3) is 5.09. The fourth-order valence-electron chi connectivity index (χ4n) is 0.732. The molecule has 0 radical (unpaired) electrons. The summed E-state index contributed by atoms with van der Waals surface area (Å²) in [5, 5.41) is 0. The van der Waals surface area contributed by atoms with Crippen molar-refractivity contribution in [1.29, 1.82) is 0 Å². The highest BCUT2D eigenvalue weighted by molar-refractivity contribution is 5.77. The molecule has 0 aliphatic carbocycles. The molecule has 0 bridgehead atoms. The zero-order valence-electron chi connectivity index (χ0n) is 7.88. The molecule has 0 heterocycles. The van der Waals surface area contributed by atoms with Gasteiger partial charge in [-0.3, -0.25) is 4.79 Å². The fraction of sp³-hybridized carbons (Fsp3) is 0.875. The largest absolute Gasteiger partial charge is 0.372 e. The Morgan fingerprint density at radius 3 is 2.75 bits per heavy atom. The Morgan fingerprint density at radius 2 is 2.25 bits per heavy atom. The van der Waals surface area contributed by atoms with E-state index in [1.165, 1.54) is 0 Å². The van der Waals surface area contributed by atoms with Gasteiger partial charge in [-0.15, -0.1) is 0 Å². The summed E-state index contributed by atoms with van der Waals surface area (Å²) in [6, 6.07) is 0. The third-order valence-electron chi connectivity index (χ3n) is 1.46. The lowest BCUT2D eigenvalue weighted by Gasteiger charge is -2.15. The van der Waals surface area contributed by atoms with Gasteiger partial charge in [0, 0.05) is 26.7 Å². The van der Waals surface area contributed by atoms with Gasteiger partial charge in [0.2, 0.25) is 5.91 Å². The average Bonchev–Trinajstić information content (AvgIpc) is 2.05. The van der Waals surface area contributed by atoms with Crippen LogP contribution in [0.15, 0.2) is 0 Å². The number of ether oxygens (including phenoxy) is 1. The maximum atomic E-state index is 11.2. The number of nitrogens with zero attached hydrogens (tertiary/aromatic N) is 1. The van der Waals surface area contributed by atoms with Gasteiger partial charge in [-0.2, -0.15) is 0 Å². The van der Waals surface area contributed by atoms with Gasteiger partial charge in [0.15, 0.2) is 0 Å². The van der Waals surface area contributed by atoms with E-state index < -0.39 is 0 Å². The number of nitrogens with two attached hydrogens (primary N) is 1. The van der Waals surface area contributed by atoms with Gasteiger partial charge in [0.05, 0.1) is 0 Å². The van der Waals surface area contributed by atoms with Gasteiger partial charge in [-0.05, 0) is 6.42 Å². The lowest BCUT2D eigenvalue weighted by Crippen LogP contribution is -2.34. The van der Waals surface area contributed by atoms with E-state index in [0.29, 0.717) is 19.7 Å². The normalized spacial score (nSPS) is 9.92. The molecule has 0 aliphatic rings. The molecule has 0 fully saturated rings. The highest BCUT2D eigenvalue weighted by Crippen LogP contribution is 1.86. The van der Waals surface area contributed by atoms with Crippen LogP contribution >= 0.6 is 0 Å². The molecule has 0 spiro atoms. The maximum Gasteiger partial charge on any atom is 0.248 e. The molecule has 0 aliphatic heterocycles. The predicted octanol–water partition coefficient (Wildman–Crippen LogP) is -0.170. The zero-order valence-corrected chi connectivity index (χ0v) is 7.88. The SMILES string of the molecule is CCCOCC(=O)N(C)CCN. The summed E-state index contributed by atoms with van der Waals surface area (Å²) >= 11 is 0. The topological polar surface area (TPSA) is 55.6 Å². The Hall–Kier alpha value is -0.610. The summed E-state index contributed by atoms with van der Waals surface area (Å²) in [5.41, 5.74) is 5.29. The fourth-order valence-corrected chi connectivity index (χ4v) is 0.732. The van der Waals surface area contributed by atoms with Crippen LogP contribution in [0.2, 0.25) is 0 Å². The van der Waals surface area contributed by atoms with Crippen molar-refractivity contribution in [2.24, 2.45) is 5.73 Å². The number of hydrogen-bond donors (Lipinski definition) is 1. The minimum Gasteiger partial charge on any atom is -0.372 e. The highest BCUT2D eigenvalue weighted by Gasteiger charge is 2.06. The van der Waals surface area contributed by atoms with Crippen molar-refractivity contribution in [1.82, 2.24) is 4.90 Å². The monoisotopic (exact) mass is 174 g/mol. The molecule has 0 aromatic heterocycles. The standard InChI is InChI=1S/C8H18N2O2/c1-3-6-12-7-8(11)10(2)5-4-9/h3-7,9H2,1-2H3. The zero-order chi connectivity index (χ0) is 9.40. The molecule has 0 saturated carbocycles. The van der Waals surface area contributed by atoms with Crippen molar-refractivity contribution in [2.75, 3.05) is 33.4 Å². The maximum absolute atomic E-state index is 11.2. The molecule has 1 amide bonds. The van der Waals surface area contributed by atoms with Gasteiger partial charge < -0.3 is 15.4 Å². The van der Waals surface area contributed by atoms with Crippen LogP contribution in [0.5, 0.6) is 0 Å². The van der Waals surface area contributed by atoms with E-state index in [4.69, 9.17) is 10.5 Å². The predicted molar refractivity (Wildman–Crippen MR) is 47.8 cm³/mol. The first kappa shape index (κ1) is 11.4. The van der Waals surface area contributed by atoms with Gasteiger partial charge in [-0.1, -0.05) is 6.92 Å². The minimum atomic E-state index is -0.00565. The van der Waals surface area contributed by atoms with Gasteiger partial charge >= 0.3 is 0 Å². The molecule has 2 N–H and O–H groups in total. The van der Waals surface area contributed by atoms with Crippen LogP contribution in [0.4, 0.5) is 0 Å². The molecule has 0 atom stereocenters. The molecule has 4 nitrogen and oxygen atoms in total. The first-order valence-electron chi connectivity index (χ1n) is 4.24. The number of rotatable bonds is 6. The van der Waals surface area contributed by atoms with Crippen molar-refractivity contribution < 1.29 is 9.53 Å². The molecule has 72 valence electrons. The summed E-state index contributed by atoms with van der Waals surface area (Å²) in [6.45, 7) is 3.91. The van der Waals surface area contributed by atoms with Crippen LogP contribution in [0.1, 0.15) is 13.3 Å². The Kier molecular flexibility index (Phi) is 6.70. The quantitative estimate of drug-likeness (QED) is 0.569. The van der Waals surface area contributed by atoms with Crippen molar-refractivity contribution in [2.45, 2.75) is 13.3 Å². The number of amides is 1. The van der Waals surface area contributed by atoms with Crippen LogP contribution in [0.3, 0.4) is 0 Å². The van der Waals surface area contributed by atoms with Crippen molar-refractivity contribution >= 4 is 5.91 Å². The van der Waals surface area contributed by atoms with Crippen molar-refractivity contribution in [3.63, 3.8) is 0 Å². The first-order valence-corrected chi connectivity index (χ1v) is 4.24. The summed E-state index contributed by atoms with van der Waals surface area (Å²) in [7, 11) is 1.73. The molecule has 0 saturated heterocycles. The Balaban J connectivity index is 3.43. The van der Waals surface area contributed by atoms with Crippen LogP contribution < -0.4 is 5.73 Å². The summed E-state index contributed by atoms with van der Waals surface area (Å²) in [5.74, 6) is -0.00565. The third-order valence-corrected chi connectivity index (χ3v) is 1.46. The lowest BCUT2D eigenvalue weighted by molar-refractivity contribution is -0.134. The van der Waals surface area contributed by atoms with Crippen LogP contribution in [0, 0.1) is 0 Å². The first-order chi connectivity index (χ1) is 5.72. The molecule has 0 aromatic carbocycles. The Labute approximate surface area is 73.7 Å². The van der Waals surface area contributed by atoms with Crippen LogP contribution in [-0.2, 0) is 9.53 Å². The molecule has 12 heavy (non-hydrogen) atoms. The lowest BCUT2D eigenvalue weighted by atomic mass is 10.5. The molecule has 4 heteroatoms. The molecular weight excluding hydrogens is 156 g/mol. The summed E-state index contributed by atoms with van der Waals surface area (Å²) in [4.78, 5) is 12.7. The van der Waals surface area contributed by atoms with E-state index in [9.17, 15) is 4.79 Å². The van der Waals surface area contributed by atoms with E-state index in [1.54, 1.807) is 11.9 Å². The Bertz CT molecular complexity index is 128. The summed E-state index contributed by atoms with van der Waals surface area (Å²) in [6.07, 6.45) is 0.938. The second-order valence-corrected chi connectivity index (χ2v) is 2.66. The van der Waals surface area contributed by atoms with E-state index in [-0.39, 0.29) is 12.5 Å². The van der Waals surface area contributed by atoms with Crippen LogP contribution in [0.25, 0.3) is 0 Å². The average molecular weight is 174 g/mol. The molecular formula is C8H18N2O2. The summed E-state index contributed by atoms with van der Waals surface area (Å²) < 4.78 is 5.08. The van der Waals surface area contributed by atoms with Gasteiger partial charge in [0.25, 0.3) is 0 Å². The number of carbonyl (C=O) groups is 1. The molecule has 0 aromatic rings. The molecule has 0 rings (SSSR count). The minimum absolute atomic E-state index is 0.00565. The van der Waals surface area contributed by atoms with Crippen LogP contribution in [-0.4, -0.2) is 44.2 Å². The number of likely N-dealkylation sites (N-methyl/N-ethyl adjacent to an activating group) is 1. The van der Waals surface area contributed by atoms with E-state index in [1.807, 2.05) is 6.92 Å². The number of carbonyl (C=O) groups excluding carboxylic acids is 1. The Morgan fingerprint density at radius 1 is 1.58 bits per heavy atom.